The summed E-state index contributed by atoms with van der Waals surface area (Å²) in [6.07, 6.45) is 4.74. The number of carbonyl (C=O) groups is 1. The first-order valence-corrected chi connectivity index (χ1v) is 13.3. The highest BCUT2D eigenvalue weighted by molar-refractivity contribution is 9.10. The Kier molecular flexibility index (Phi) is 10.7. The Balaban J connectivity index is 1.71. The van der Waals surface area contributed by atoms with E-state index in [2.05, 4.69) is 38.0 Å². The van der Waals surface area contributed by atoms with Crippen molar-refractivity contribution in [2.45, 2.75) is 26.7 Å². The summed E-state index contributed by atoms with van der Waals surface area (Å²) in [7, 11) is 0. The molecule has 0 saturated heterocycles. The molecule has 0 unspecified atom stereocenters. The second-order valence-electron chi connectivity index (χ2n) is 7.54. The van der Waals surface area contributed by atoms with Crippen molar-refractivity contribution in [3.8, 4) is 23.3 Å². The summed E-state index contributed by atoms with van der Waals surface area (Å²) in [5.74, 6) is 1.21. The van der Waals surface area contributed by atoms with Gasteiger partial charge in [0.1, 0.15) is 35.6 Å². The van der Waals surface area contributed by atoms with Crippen LogP contribution in [0.4, 0.5) is 5.13 Å². The molecule has 192 valence electrons. The van der Waals surface area contributed by atoms with Crippen LogP contribution in [-0.2, 0) is 17.6 Å². The summed E-state index contributed by atoms with van der Waals surface area (Å²) in [5, 5.41) is 21.2. The number of rotatable bonds is 13. The van der Waals surface area contributed by atoms with Crippen molar-refractivity contribution >= 4 is 44.4 Å². The van der Waals surface area contributed by atoms with Crippen LogP contribution >= 0.6 is 27.3 Å². The number of amides is 1. The maximum Gasteiger partial charge on any atom is 0.268 e. The van der Waals surface area contributed by atoms with E-state index in [0.29, 0.717) is 46.3 Å². The zero-order chi connectivity index (χ0) is 26.6. The largest absolute Gasteiger partial charge is 0.490 e. The van der Waals surface area contributed by atoms with E-state index in [1.165, 1.54) is 17.4 Å². The summed E-state index contributed by atoms with van der Waals surface area (Å²) in [6.45, 7) is 8.61. The minimum absolute atomic E-state index is 0.0807. The number of hydrogen-bond acceptors (Lipinski definition) is 8. The lowest BCUT2D eigenvalue weighted by Gasteiger charge is -2.16. The number of anilines is 1. The number of carbonyl (C=O) groups excluding carboxylic acids is 1. The Morgan fingerprint density at radius 2 is 1.95 bits per heavy atom. The van der Waals surface area contributed by atoms with Crippen molar-refractivity contribution in [2.24, 2.45) is 0 Å². The summed E-state index contributed by atoms with van der Waals surface area (Å²) in [6, 6.07) is 13.2. The molecule has 1 N–H and O–H groups in total. The number of halogens is 1. The normalized spacial score (nSPS) is 10.9. The fraction of sp³-hybridized carbons (Fsp3) is 0.259. The number of nitrogens with one attached hydrogen (secondary N) is 1. The van der Waals surface area contributed by atoms with Gasteiger partial charge in [-0.15, -0.1) is 16.8 Å². The Morgan fingerprint density at radius 1 is 1.16 bits per heavy atom. The average molecular weight is 584 g/mol. The predicted molar refractivity (Wildman–Crippen MR) is 148 cm³/mol. The molecule has 3 aromatic rings. The van der Waals surface area contributed by atoms with Gasteiger partial charge in [0.05, 0.1) is 11.1 Å². The number of nitrogens with zero attached hydrogens (tertiary/aromatic N) is 3. The van der Waals surface area contributed by atoms with Crippen LogP contribution in [0.2, 0.25) is 0 Å². The fourth-order valence-corrected chi connectivity index (χ4v) is 4.51. The molecule has 8 nitrogen and oxygen atoms in total. The van der Waals surface area contributed by atoms with E-state index in [-0.39, 0.29) is 12.2 Å². The third-order valence-corrected chi connectivity index (χ3v) is 6.49. The highest BCUT2D eigenvalue weighted by atomic mass is 79.9. The minimum Gasteiger partial charge on any atom is -0.490 e. The van der Waals surface area contributed by atoms with Gasteiger partial charge in [0.2, 0.25) is 5.13 Å². The number of nitriles is 1. The molecule has 0 aliphatic carbocycles. The maximum atomic E-state index is 12.6. The molecule has 10 heteroatoms. The van der Waals surface area contributed by atoms with E-state index >= 15 is 0 Å². The predicted octanol–water partition coefficient (Wildman–Crippen LogP) is 5.99. The van der Waals surface area contributed by atoms with Crippen molar-refractivity contribution in [2.75, 3.05) is 25.1 Å². The first-order valence-electron chi connectivity index (χ1n) is 11.6. The lowest BCUT2D eigenvalue weighted by Crippen LogP contribution is -2.13. The summed E-state index contributed by atoms with van der Waals surface area (Å²) in [5.41, 5.74) is 1.57. The van der Waals surface area contributed by atoms with Gasteiger partial charge in [0, 0.05) is 0 Å². The van der Waals surface area contributed by atoms with Crippen LogP contribution in [0.1, 0.15) is 30.0 Å². The Bertz CT molecular complexity index is 1320. The number of hydrogen-bond donors (Lipinski definition) is 1. The number of aryl methyl sites for hydroxylation is 1. The van der Waals surface area contributed by atoms with Gasteiger partial charge in [0.15, 0.2) is 11.5 Å². The van der Waals surface area contributed by atoms with E-state index < -0.39 is 5.91 Å². The smallest absolute Gasteiger partial charge is 0.268 e. The molecule has 37 heavy (non-hydrogen) atoms. The first-order chi connectivity index (χ1) is 18.0. The van der Waals surface area contributed by atoms with Crippen molar-refractivity contribution in [1.29, 1.82) is 5.26 Å². The molecule has 0 spiro atoms. The van der Waals surface area contributed by atoms with Gasteiger partial charge in [-0.3, -0.25) is 10.1 Å². The van der Waals surface area contributed by atoms with Gasteiger partial charge in [-0.05, 0) is 71.1 Å². The van der Waals surface area contributed by atoms with E-state index in [1.54, 1.807) is 12.1 Å². The number of benzene rings is 2. The van der Waals surface area contributed by atoms with Gasteiger partial charge < -0.3 is 14.2 Å². The van der Waals surface area contributed by atoms with Crippen LogP contribution < -0.4 is 19.5 Å². The number of ether oxygens (including phenoxy) is 3. The van der Waals surface area contributed by atoms with Gasteiger partial charge in [0.25, 0.3) is 5.91 Å². The zero-order valence-electron chi connectivity index (χ0n) is 20.6. The van der Waals surface area contributed by atoms with Crippen molar-refractivity contribution in [1.82, 2.24) is 10.2 Å². The minimum atomic E-state index is -0.565. The fourth-order valence-electron chi connectivity index (χ4n) is 3.27. The van der Waals surface area contributed by atoms with Crippen LogP contribution in [0.15, 0.2) is 59.1 Å². The summed E-state index contributed by atoms with van der Waals surface area (Å²) >= 11 is 4.79. The molecule has 1 amide bonds. The van der Waals surface area contributed by atoms with E-state index in [4.69, 9.17) is 14.2 Å². The molecule has 0 bridgehead atoms. The van der Waals surface area contributed by atoms with Crippen LogP contribution in [0.3, 0.4) is 0 Å². The molecule has 0 radical (unpaired) electrons. The van der Waals surface area contributed by atoms with Crippen LogP contribution in [0.25, 0.3) is 6.08 Å². The second-order valence-corrected chi connectivity index (χ2v) is 9.46. The van der Waals surface area contributed by atoms with Crippen LogP contribution in [-0.4, -0.2) is 35.9 Å². The number of para-hydroxylation sites is 1. The Hall–Kier alpha value is -3.68. The van der Waals surface area contributed by atoms with Gasteiger partial charge in [-0.2, -0.15) is 5.26 Å². The lowest BCUT2D eigenvalue weighted by atomic mass is 10.1. The van der Waals surface area contributed by atoms with Crippen LogP contribution in [0, 0.1) is 11.3 Å². The molecule has 0 aliphatic rings. The molecular weight excluding hydrogens is 556 g/mol. The van der Waals surface area contributed by atoms with E-state index in [0.717, 1.165) is 22.7 Å². The first kappa shape index (κ1) is 27.9. The second kappa shape index (κ2) is 14.2. The van der Waals surface area contributed by atoms with Crippen molar-refractivity contribution < 1.29 is 19.0 Å². The van der Waals surface area contributed by atoms with E-state index in [1.807, 2.05) is 50.3 Å². The van der Waals surface area contributed by atoms with Crippen molar-refractivity contribution in [3.63, 3.8) is 0 Å². The van der Waals surface area contributed by atoms with Crippen LogP contribution in [0.5, 0.6) is 17.2 Å². The standard InChI is InChI=1S/C27H27BrN4O4S/c1-4-9-19-10-7-8-11-22(19)35-12-13-36-25-21(28)15-18(16-23(25)34-6-3)14-20(17-29)26(33)30-27-32-31-24(5-2)37-27/h4,7-8,10-11,14-16H,1,5-6,9,12-13H2,2-3H3,(H,30,32,33). The Labute approximate surface area is 228 Å². The number of allylic oxidation sites excluding steroid dienone is 1. The summed E-state index contributed by atoms with van der Waals surface area (Å²) in [4.78, 5) is 12.6. The molecule has 1 aromatic heterocycles. The molecular formula is C27H27BrN4O4S. The van der Waals surface area contributed by atoms with Gasteiger partial charge in [-0.1, -0.05) is 42.5 Å². The molecule has 2 aromatic carbocycles. The average Bonchev–Trinajstić information content (AvgIpc) is 3.35. The molecule has 3 rings (SSSR count). The SMILES string of the molecule is C=CCc1ccccc1OCCOc1c(Br)cc(C=C(C#N)C(=O)Nc2nnc(CC)s2)cc1OCC. The number of aromatic nitrogens is 2. The molecule has 0 saturated carbocycles. The highest BCUT2D eigenvalue weighted by Crippen LogP contribution is 2.37. The molecule has 0 fully saturated rings. The van der Waals surface area contributed by atoms with Gasteiger partial charge in [-0.25, -0.2) is 0 Å². The zero-order valence-corrected chi connectivity index (χ0v) is 23.0. The topological polar surface area (TPSA) is 106 Å². The van der Waals surface area contributed by atoms with Crippen molar-refractivity contribution in [3.05, 3.63) is 75.2 Å². The molecule has 0 aliphatic heterocycles. The molecule has 1 heterocycles. The lowest BCUT2D eigenvalue weighted by molar-refractivity contribution is -0.112. The third-order valence-electron chi connectivity index (χ3n) is 4.92. The maximum absolute atomic E-state index is 12.6. The highest BCUT2D eigenvalue weighted by Gasteiger charge is 2.16. The molecule has 0 atom stereocenters. The quantitative estimate of drug-likeness (QED) is 0.114. The monoisotopic (exact) mass is 582 g/mol. The van der Waals surface area contributed by atoms with E-state index in [9.17, 15) is 10.1 Å². The third kappa shape index (κ3) is 7.90. The van der Waals surface area contributed by atoms with Gasteiger partial charge >= 0.3 is 0 Å². The summed E-state index contributed by atoms with van der Waals surface area (Å²) < 4.78 is 18.3. The Morgan fingerprint density at radius 3 is 2.65 bits per heavy atom.